The van der Waals surface area contributed by atoms with Crippen molar-refractivity contribution in [2.45, 2.75) is 64.0 Å². The zero-order valence-electron chi connectivity index (χ0n) is 19.0. The van der Waals surface area contributed by atoms with Gasteiger partial charge in [-0.1, -0.05) is 0 Å². The lowest BCUT2D eigenvalue weighted by atomic mass is 9.83. The molecule has 0 bridgehead atoms. The van der Waals surface area contributed by atoms with Gasteiger partial charge < -0.3 is 15.4 Å². The number of anilines is 1. The average molecular weight is 445 g/mol. The smallest absolute Gasteiger partial charge is 0.236 e. The van der Waals surface area contributed by atoms with Gasteiger partial charge in [-0.25, -0.2) is 9.37 Å². The highest BCUT2D eigenvalue weighted by molar-refractivity contribution is 5.67. The van der Waals surface area contributed by atoms with Gasteiger partial charge in [0.05, 0.1) is 18.5 Å². The van der Waals surface area contributed by atoms with Gasteiger partial charge in [-0.05, 0) is 75.8 Å². The van der Waals surface area contributed by atoms with Gasteiger partial charge in [0.1, 0.15) is 5.82 Å². The highest BCUT2D eigenvalue weighted by Crippen LogP contribution is 2.32. The number of halogens is 2. The molecule has 32 heavy (non-hydrogen) atoms. The number of aromatic nitrogens is 2. The highest BCUT2D eigenvalue weighted by atomic mass is 19.1. The topological polar surface area (TPSA) is 59.1 Å². The summed E-state index contributed by atoms with van der Waals surface area (Å²) < 4.78 is 33.9. The molecule has 7 heteroatoms. The van der Waals surface area contributed by atoms with Crippen molar-refractivity contribution in [3.8, 4) is 11.1 Å². The summed E-state index contributed by atoms with van der Waals surface area (Å²) in [6.45, 7) is 3.60. The molecule has 2 aliphatic carbocycles. The molecule has 2 fully saturated rings. The number of ether oxygens (including phenoxy) is 1. The average Bonchev–Trinajstić information content (AvgIpc) is 3.61. The van der Waals surface area contributed by atoms with Gasteiger partial charge in [-0.15, -0.1) is 0 Å². The fourth-order valence-corrected chi connectivity index (χ4v) is 4.64. The van der Waals surface area contributed by atoms with Gasteiger partial charge in [0.2, 0.25) is 5.95 Å². The van der Waals surface area contributed by atoms with Crippen LogP contribution in [0.2, 0.25) is 0 Å². The maximum atomic E-state index is 14.6. The van der Waals surface area contributed by atoms with Crippen molar-refractivity contribution in [1.82, 2.24) is 15.3 Å². The maximum Gasteiger partial charge on any atom is 0.236 e. The second-order valence-electron chi connectivity index (χ2n) is 9.49. The number of nitrogens with zero attached hydrogens (tertiary/aromatic N) is 2. The molecule has 2 aliphatic rings. The number of hydrogen-bond donors (Lipinski definition) is 2. The van der Waals surface area contributed by atoms with Gasteiger partial charge in [0.15, 0.2) is 0 Å². The third kappa shape index (κ3) is 6.23. The monoisotopic (exact) mass is 444 g/mol. The Morgan fingerprint density at radius 2 is 1.78 bits per heavy atom. The van der Waals surface area contributed by atoms with Crippen LogP contribution in [0.3, 0.4) is 0 Å². The molecular formula is C25H34F2N4O. The van der Waals surface area contributed by atoms with Crippen molar-refractivity contribution >= 4 is 5.69 Å². The van der Waals surface area contributed by atoms with E-state index in [0.29, 0.717) is 40.7 Å². The molecule has 2 aromatic rings. The molecule has 174 valence electrons. The Balaban J connectivity index is 1.38. The van der Waals surface area contributed by atoms with E-state index in [0.717, 1.165) is 50.9 Å². The largest absolute Gasteiger partial charge is 0.383 e. The summed E-state index contributed by atoms with van der Waals surface area (Å²) in [5, 5.41) is 6.76. The van der Waals surface area contributed by atoms with E-state index >= 15 is 0 Å². The molecule has 2 heterocycles. The third-order valence-electron chi connectivity index (χ3n) is 6.62. The van der Waals surface area contributed by atoms with Crippen molar-refractivity contribution in [3.05, 3.63) is 42.0 Å². The van der Waals surface area contributed by atoms with Gasteiger partial charge in [-0.2, -0.15) is 4.39 Å². The maximum absolute atomic E-state index is 14.6. The molecule has 0 amide bonds. The molecule has 0 aromatic carbocycles. The molecule has 0 saturated heterocycles. The van der Waals surface area contributed by atoms with Gasteiger partial charge >= 0.3 is 0 Å². The zero-order valence-corrected chi connectivity index (χ0v) is 19.0. The molecule has 5 nitrogen and oxygen atoms in total. The Bertz CT molecular complexity index is 898. The molecular weight excluding hydrogens is 410 g/mol. The summed E-state index contributed by atoms with van der Waals surface area (Å²) in [4.78, 5) is 8.19. The van der Waals surface area contributed by atoms with E-state index in [2.05, 4.69) is 27.5 Å². The lowest BCUT2D eigenvalue weighted by Gasteiger charge is -2.31. The molecule has 2 aromatic heterocycles. The Kier molecular flexibility index (Phi) is 7.68. The number of pyridine rings is 2. The first-order valence-electron chi connectivity index (χ1n) is 11.8. The predicted octanol–water partition coefficient (Wildman–Crippen LogP) is 4.97. The third-order valence-corrected chi connectivity index (χ3v) is 6.62. The fraction of sp³-hybridized carbons (Fsp3) is 0.600. The van der Waals surface area contributed by atoms with E-state index in [-0.39, 0.29) is 0 Å². The van der Waals surface area contributed by atoms with Crippen LogP contribution in [0.15, 0.2) is 24.5 Å². The minimum Gasteiger partial charge on any atom is -0.383 e. The van der Waals surface area contributed by atoms with Crippen LogP contribution >= 0.6 is 0 Å². The second kappa shape index (κ2) is 10.7. The molecule has 1 atom stereocenters. The van der Waals surface area contributed by atoms with Crippen molar-refractivity contribution in [2.75, 3.05) is 25.6 Å². The molecule has 0 radical (unpaired) electrons. The first kappa shape index (κ1) is 23.1. The van der Waals surface area contributed by atoms with Crippen LogP contribution in [-0.2, 0) is 11.2 Å². The van der Waals surface area contributed by atoms with E-state index < -0.39 is 11.8 Å². The molecule has 0 spiro atoms. The number of nitrogens with one attached hydrogen (secondary N) is 2. The molecule has 4 rings (SSSR count). The van der Waals surface area contributed by atoms with Crippen LogP contribution < -0.4 is 10.6 Å². The fourth-order valence-electron chi connectivity index (χ4n) is 4.64. The molecule has 0 aliphatic heterocycles. The summed E-state index contributed by atoms with van der Waals surface area (Å²) in [6, 6.07) is 4.35. The van der Waals surface area contributed by atoms with Crippen molar-refractivity contribution in [3.63, 3.8) is 0 Å². The van der Waals surface area contributed by atoms with Gasteiger partial charge in [0, 0.05) is 48.8 Å². The van der Waals surface area contributed by atoms with Gasteiger partial charge in [-0.3, -0.25) is 4.98 Å². The summed E-state index contributed by atoms with van der Waals surface area (Å²) in [5.74, 6) is 0.194. The lowest BCUT2D eigenvalue weighted by molar-refractivity contribution is 0.158. The Morgan fingerprint density at radius 3 is 2.50 bits per heavy atom. The van der Waals surface area contributed by atoms with Crippen LogP contribution in [0.1, 0.15) is 51.1 Å². The Labute approximate surface area is 189 Å². The van der Waals surface area contributed by atoms with Crippen LogP contribution in [-0.4, -0.2) is 42.3 Å². The van der Waals surface area contributed by atoms with E-state index in [1.807, 2.05) is 0 Å². The minimum absolute atomic E-state index is 0.334. The zero-order chi connectivity index (χ0) is 22.5. The summed E-state index contributed by atoms with van der Waals surface area (Å²) in [6.07, 6.45) is 10.4. The second-order valence-corrected chi connectivity index (χ2v) is 9.49. The van der Waals surface area contributed by atoms with E-state index in [1.54, 1.807) is 19.2 Å². The van der Waals surface area contributed by atoms with Crippen molar-refractivity contribution in [1.29, 1.82) is 0 Å². The first-order chi connectivity index (χ1) is 15.5. The van der Waals surface area contributed by atoms with Crippen molar-refractivity contribution in [2.24, 2.45) is 11.8 Å². The molecule has 2 saturated carbocycles. The number of hydrogen-bond acceptors (Lipinski definition) is 5. The highest BCUT2D eigenvalue weighted by Gasteiger charge is 2.24. The van der Waals surface area contributed by atoms with Crippen LogP contribution in [0, 0.1) is 23.6 Å². The number of rotatable bonds is 10. The predicted molar refractivity (Wildman–Crippen MR) is 123 cm³/mol. The Morgan fingerprint density at radius 1 is 1.03 bits per heavy atom. The quantitative estimate of drug-likeness (QED) is 0.507. The SMILES string of the molecule is COC[C@H](C)NC1CCC(Cc2cc(-c3cnc(F)c(NCC4CC4)c3)c(F)cn2)CC1. The van der Waals surface area contributed by atoms with Crippen LogP contribution in [0.4, 0.5) is 14.5 Å². The molecule has 2 N–H and O–H groups in total. The molecule has 0 unspecified atom stereocenters. The van der Waals surface area contributed by atoms with Gasteiger partial charge in [0.25, 0.3) is 0 Å². The van der Waals surface area contributed by atoms with E-state index in [4.69, 9.17) is 4.74 Å². The van der Waals surface area contributed by atoms with E-state index in [1.165, 1.54) is 25.2 Å². The summed E-state index contributed by atoms with van der Waals surface area (Å²) >= 11 is 0. The Hall–Kier alpha value is -2.12. The van der Waals surface area contributed by atoms with E-state index in [9.17, 15) is 8.78 Å². The normalized spacial score (nSPS) is 22.0. The van der Waals surface area contributed by atoms with Crippen LogP contribution in [0.5, 0.6) is 0 Å². The minimum atomic E-state index is -0.547. The lowest BCUT2D eigenvalue weighted by Crippen LogP contribution is -2.41. The summed E-state index contributed by atoms with van der Waals surface area (Å²) in [7, 11) is 1.73. The number of methoxy groups -OCH3 is 1. The van der Waals surface area contributed by atoms with Crippen molar-refractivity contribution < 1.29 is 13.5 Å². The summed E-state index contributed by atoms with van der Waals surface area (Å²) in [5.41, 5.74) is 2.22. The van der Waals surface area contributed by atoms with Crippen LogP contribution in [0.25, 0.3) is 11.1 Å². The standard InChI is InChI=1S/C25H34F2N4O/c1-16(15-32-2)31-20-7-5-17(6-8-20)9-21-11-22(23(26)14-28-21)19-10-24(25(27)30-13-19)29-12-18-3-4-18/h10-11,13-14,16-18,20,29,31H,3-9,12,15H2,1-2H3/t16-,17?,20?/m0/s1. The first-order valence-corrected chi connectivity index (χ1v) is 11.8.